The van der Waals surface area contributed by atoms with Gasteiger partial charge in [0.15, 0.2) is 0 Å². The highest BCUT2D eigenvalue weighted by atomic mass is 79.9. The summed E-state index contributed by atoms with van der Waals surface area (Å²) in [5.74, 6) is 1.67. The second kappa shape index (κ2) is 10.6. The summed E-state index contributed by atoms with van der Waals surface area (Å²) in [5, 5.41) is 17.2. The molecule has 9 heteroatoms. The number of nitrogens with zero attached hydrogens (tertiary/aromatic N) is 1. The predicted molar refractivity (Wildman–Crippen MR) is 120 cm³/mol. The van der Waals surface area contributed by atoms with Crippen molar-refractivity contribution in [1.82, 2.24) is 5.32 Å². The zero-order chi connectivity index (χ0) is 19.2. The van der Waals surface area contributed by atoms with Crippen molar-refractivity contribution in [2.75, 3.05) is 18.4 Å². The van der Waals surface area contributed by atoms with Crippen molar-refractivity contribution in [3.05, 3.63) is 79.4 Å². The molecule has 1 heterocycles. The first-order chi connectivity index (χ1) is 13.0. The summed E-state index contributed by atoms with van der Waals surface area (Å²) in [5.41, 5.74) is 1.94. The van der Waals surface area contributed by atoms with Crippen molar-refractivity contribution >= 4 is 55.6 Å². The van der Waals surface area contributed by atoms with Crippen LogP contribution in [0.3, 0.4) is 0 Å². The Kier molecular flexibility index (Phi) is 8.50. The Labute approximate surface area is 185 Å². The van der Waals surface area contributed by atoms with E-state index in [4.69, 9.17) is 4.42 Å². The molecule has 0 unspecified atom stereocenters. The van der Waals surface area contributed by atoms with Gasteiger partial charge in [-0.3, -0.25) is 10.1 Å². The molecule has 0 saturated heterocycles. The molecule has 28 heavy (non-hydrogen) atoms. The minimum absolute atomic E-state index is 0. The number of hydrogen-bond acceptors (Lipinski definition) is 5. The van der Waals surface area contributed by atoms with Crippen LogP contribution in [-0.2, 0) is 6.54 Å². The SMILES string of the molecule is Cl.O=[N+]([O-])c1ccc(NCCNCc2ccc(-c3ccc(Br)cc3Br)o2)cc1. The minimum Gasteiger partial charge on any atom is -0.460 e. The van der Waals surface area contributed by atoms with Crippen molar-refractivity contribution in [3.63, 3.8) is 0 Å². The molecule has 0 saturated carbocycles. The van der Waals surface area contributed by atoms with Crippen LogP contribution in [0.5, 0.6) is 0 Å². The number of hydrogen-bond donors (Lipinski definition) is 2. The summed E-state index contributed by atoms with van der Waals surface area (Å²) in [6.07, 6.45) is 0. The van der Waals surface area contributed by atoms with Crippen LogP contribution >= 0.6 is 44.3 Å². The van der Waals surface area contributed by atoms with Crippen molar-refractivity contribution < 1.29 is 9.34 Å². The molecule has 3 rings (SSSR count). The van der Waals surface area contributed by atoms with Crippen LogP contribution in [0.4, 0.5) is 11.4 Å². The van der Waals surface area contributed by atoms with Crippen LogP contribution in [0.25, 0.3) is 11.3 Å². The van der Waals surface area contributed by atoms with Crippen molar-refractivity contribution in [1.29, 1.82) is 0 Å². The summed E-state index contributed by atoms with van der Waals surface area (Å²) >= 11 is 6.99. The fourth-order valence-electron chi connectivity index (χ4n) is 2.51. The first-order valence-electron chi connectivity index (χ1n) is 8.26. The van der Waals surface area contributed by atoms with E-state index in [2.05, 4.69) is 42.5 Å². The van der Waals surface area contributed by atoms with Crippen LogP contribution in [0.1, 0.15) is 5.76 Å². The molecule has 1 aromatic heterocycles. The Bertz CT molecular complexity index is 932. The maximum absolute atomic E-state index is 10.6. The Balaban J connectivity index is 0.00000280. The molecule has 2 aromatic carbocycles. The molecule has 0 aliphatic rings. The maximum atomic E-state index is 10.6. The molecule has 0 bridgehead atoms. The molecule has 0 spiro atoms. The lowest BCUT2D eigenvalue weighted by Gasteiger charge is -2.07. The Hall–Kier alpha value is -1.87. The lowest BCUT2D eigenvalue weighted by Crippen LogP contribution is -2.21. The molecule has 2 N–H and O–H groups in total. The fourth-order valence-corrected chi connectivity index (χ4v) is 3.76. The zero-order valence-corrected chi connectivity index (χ0v) is 18.6. The van der Waals surface area contributed by atoms with Gasteiger partial charge in [-0.25, -0.2) is 0 Å². The fraction of sp³-hybridized carbons (Fsp3) is 0.158. The van der Waals surface area contributed by atoms with E-state index in [0.717, 1.165) is 38.3 Å². The maximum Gasteiger partial charge on any atom is 0.269 e. The third-order valence-corrected chi connectivity index (χ3v) is 5.02. The van der Waals surface area contributed by atoms with Crippen molar-refractivity contribution in [2.24, 2.45) is 0 Å². The Morgan fingerprint density at radius 2 is 1.75 bits per heavy atom. The summed E-state index contributed by atoms with van der Waals surface area (Å²) in [4.78, 5) is 10.2. The lowest BCUT2D eigenvalue weighted by molar-refractivity contribution is -0.384. The highest BCUT2D eigenvalue weighted by Crippen LogP contribution is 2.31. The standard InChI is InChI=1S/C19H17Br2N3O3.ClH/c20-13-1-7-17(18(21)11-13)19-8-6-16(27-19)12-22-9-10-23-14-2-4-15(5-3-14)24(25)26;/h1-8,11,22-23H,9-10,12H2;1H. The quantitative estimate of drug-likeness (QED) is 0.212. The van der Waals surface area contributed by atoms with Crippen LogP contribution in [0.15, 0.2) is 68.0 Å². The highest BCUT2D eigenvalue weighted by Gasteiger charge is 2.09. The van der Waals surface area contributed by atoms with Gasteiger partial charge >= 0.3 is 0 Å². The highest BCUT2D eigenvalue weighted by molar-refractivity contribution is 9.11. The number of nitrogens with one attached hydrogen (secondary N) is 2. The summed E-state index contributed by atoms with van der Waals surface area (Å²) in [7, 11) is 0. The number of rotatable bonds is 8. The molecule has 0 atom stereocenters. The van der Waals surface area contributed by atoms with E-state index in [9.17, 15) is 10.1 Å². The molecule has 3 aromatic rings. The number of anilines is 1. The number of non-ortho nitro benzene ring substituents is 1. The van der Waals surface area contributed by atoms with E-state index >= 15 is 0 Å². The third-order valence-electron chi connectivity index (χ3n) is 3.87. The van der Waals surface area contributed by atoms with E-state index in [0.29, 0.717) is 13.1 Å². The molecule has 0 radical (unpaired) electrons. The summed E-state index contributed by atoms with van der Waals surface area (Å²) in [6.45, 7) is 2.05. The third kappa shape index (κ3) is 6.07. The van der Waals surface area contributed by atoms with Gasteiger partial charge in [0.05, 0.1) is 11.5 Å². The Morgan fingerprint density at radius 3 is 2.43 bits per heavy atom. The predicted octanol–water partition coefficient (Wildman–Crippen LogP) is 6.00. The topological polar surface area (TPSA) is 80.3 Å². The summed E-state index contributed by atoms with van der Waals surface area (Å²) < 4.78 is 7.88. The van der Waals surface area contributed by atoms with Gasteiger partial charge < -0.3 is 15.1 Å². The smallest absolute Gasteiger partial charge is 0.269 e. The number of nitro groups is 1. The minimum atomic E-state index is -0.407. The number of furan rings is 1. The average molecular weight is 532 g/mol. The monoisotopic (exact) mass is 529 g/mol. The molecule has 0 amide bonds. The summed E-state index contributed by atoms with van der Waals surface area (Å²) in [6, 6.07) is 16.3. The van der Waals surface area contributed by atoms with Gasteiger partial charge in [-0.15, -0.1) is 12.4 Å². The Morgan fingerprint density at radius 1 is 1.00 bits per heavy atom. The van der Waals surface area contributed by atoms with Crippen LogP contribution < -0.4 is 10.6 Å². The van der Waals surface area contributed by atoms with Gasteiger partial charge in [0, 0.05) is 45.4 Å². The molecular weight excluding hydrogens is 513 g/mol. The van der Waals surface area contributed by atoms with E-state index in [1.165, 1.54) is 12.1 Å². The van der Waals surface area contributed by atoms with Crippen molar-refractivity contribution in [3.8, 4) is 11.3 Å². The molecule has 148 valence electrons. The van der Waals surface area contributed by atoms with E-state index < -0.39 is 4.92 Å². The van der Waals surface area contributed by atoms with Gasteiger partial charge in [0.25, 0.3) is 5.69 Å². The van der Waals surface area contributed by atoms with Gasteiger partial charge in [-0.05, 0) is 58.4 Å². The molecule has 0 aliphatic heterocycles. The number of halogens is 3. The first kappa shape index (κ1) is 22.4. The average Bonchev–Trinajstić information content (AvgIpc) is 3.10. The normalized spacial score (nSPS) is 10.4. The molecular formula is C19H18Br2ClN3O3. The van der Waals surface area contributed by atoms with Crippen LogP contribution in [0.2, 0.25) is 0 Å². The largest absolute Gasteiger partial charge is 0.460 e. The number of nitro benzene ring substituents is 1. The second-order valence-corrected chi connectivity index (χ2v) is 7.57. The number of benzene rings is 2. The molecule has 0 fully saturated rings. The van der Waals surface area contributed by atoms with E-state index in [1.54, 1.807) is 12.1 Å². The van der Waals surface area contributed by atoms with Gasteiger partial charge in [0.1, 0.15) is 11.5 Å². The van der Waals surface area contributed by atoms with Gasteiger partial charge in [0.2, 0.25) is 0 Å². The first-order valence-corrected chi connectivity index (χ1v) is 9.85. The van der Waals surface area contributed by atoms with Crippen LogP contribution in [0, 0.1) is 10.1 Å². The van der Waals surface area contributed by atoms with Gasteiger partial charge in [-0.2, -0.15) is 0 Å². The van der Waals surface area contributed by atoms with E-state index in [-0.39, 0.29) is 18.1 Å². The lowest BCUT2D eigenvalue weighted by atomic mass is 10.2. The van der Waals surface area contributed by atoms with Crippen LogP contribution in [-0.4, -0.2) is 18.0 Å². The molecule has 6 nitrogen and oxygen atoms in total. The van der Waals surface area contributed by atoms with Crippen molar-refractivity contribution in [2.45, 2.75) is 6.54 Å². The zero-order valence-electron chi connectivity index (χ0n) is 14.7. The molecule has 0 aliphatic carbocycles. The van der Waals surface area contributed by atoms with Gasteiger partial charge in [-0.1, -0.05) is 15.9 Å². The van der Waals surface area contributed by atoms with E-state index in [1.807, 2.05) is 30.3 Å². The second-order valence-electron chi connectivity index (χ2n) is 5.80.